The Morgan fingerprint density at radius 1 is 1.18 bits per heavy atom. The minimum atomic E-state index is -0.437. The number of ether oxygens (including phenoxy) is 1. The molecule has 0 amide bonds. The fraction of sp³-hybridized carbons (Fsp3) is 0.333. The smallest absolute Gasteiger partial charge is 0.373 e. The van der Waals surface area contributed by atoms with Crippen LogP contribution in [-0.4, -0.2) is 27.5 Å². The predicted molar refractivity (Wildman–Crippen MR) is 108 cm³/mol. The normalized spacial score (nSPS) is 16.9. The first kappa shape index (κ1) is 18.2. The van der Waals surface area contributed by atoms with Crippen LogP contribution in [0.2, 0.25) is 0 Å². The minimum Gasteiger partial charge on any atom is -0.434 e. The SMILES string of the molecule is CCC1CCCCN1c1ncnc(Oc2ccc3ccccc3c2)c1[N+](=O)[O-]. The van der Waals surface area contributed by atoms with Crippen LogP contribution >= 0.6 is 0 Å². The molecule has 0 N–H and O–H groups in total. The summed E-state index contributed by atoms with van der Waals surface area (Å²) in [6, 6.07) is 13.7. The zero-order chi connectivity index (χ0) is 19.5. The van der Waals surface area contributed by atoms with E-state index in [2.05, 4.69) is 16.9 Å². The number of nitrogens with zero attached hydrogens (tertiary/aromatic N) is 4. The molecule has 7 nitrogen and oxygen atoms in total. The molecule has 1 aromatic heterocycles. The van der Waals surface area contributed by atoms with E-state index in [0.717, 1.165) is 43.0 Å². The zero-order valence-electron chi connectivity index (χ0n) is 15.7. The second kappa shape index (κ2) is 7.80. The lowest BCUT2D eigenvalue weighted by molar-refractivity contribution is -0.385. The van der Waals surface area contributed by atoms with Crippen molar-refractivity contribution >= 4 is 22.3 Å². The molecule has 3 aromatic rings. The molecule has 0 aliphatic carbocycles. The van der Waals surface area contributed by atoms with Gasteiger partial charge in [-0.2, -0.15) is 4.98 Å². The third-order valence-electron chi connectivity index (χ3n) is 5.26. The molecule has 0 spiro atoms. The van der Waals surface area contributed by atoms with Crippen LogP contribution in [0.5, 0.6) is 11.6 Å². The van der Waals surface area contributed by atoms with Crippen LogP contribution in [0.25, 0.3) is 10.8 Å². The standard InChI is InChI=1S/C21H22N4O3/c1-2-17-9-5-6-12-24(17)20-19(25(26)27)21(23-14-22-20)28-18-11-10-15-7-3-4-8-16(15)13-18/h3-4,7-8,10-11,13-14,17H,2,5-6,9,12H2,1H3. The van der Waals surface area contributed by atoms with Gasteiger partial charge in [0.25, 0.3) is 0 Å². The molecule has 2 aromatic carbocycles. The van der Waals surface area contributed by atoms with Crippen LogP contribution in [0.3, 0.4) is 0 Å². The highest BCUT2D eigenvalue weighted by Gasteiger charge is 2.32. The summed E-state index contributed by atoms with van der Waals surface area (Å²) in [5.41, 5.74) is -0.170. The third kappa shape index (κ3) is 3.47. The van der Waals surface area contributed by atoms with Gasteiger partial charge in [0, 0.05) is 12.6 Å². The van der Waals surface area contributed by atoms with Gasteiger partial charge in [-0.1, -0.05) is 37.3 Å². The summed E-state index contributed by atoms with van der Waals surface area (Å²) in [4.78, 5) is 21.8. The van der Waals surface area contributed by atoms with E-state index in [9.17, 15) is 10.1 Å². The van der Waals surface area contributed by atoms with E-state index < -0.39 is 4.92 Å². The van der Waals surface area contributed by atoms with Gasteiger partial charge in [0.15, 0.2) is 0 Å². The molecule has 1 aliphatic heterocycles. The monoisotopic (exact) mass is 378 g/mol. The molecule has 4 rings (SSSR count). The van der Waals surface area contributed by atoms with Gasteiger partial charge in [-0.05, 0) is 48.6 Å². The van der Waals surface area contributed by atoms with Crippen molar-refractivity contribution in [3.8, 4) is 11.6 Å². The molecule has 1 unspecified atom stereocenters. The van der Waals surface area contributed by atoms with Crippen molar-refractivity contribution in [2.45, 2.75) is 38.6 Å². The lowest BCUT2D eigenvalue weighted by Crippen LogP contribution is -2.40. The molecular formula is C21H22N4O3. The number of nitro groups is 1. The average Bonchev–Trinajstić information content (AvgIpc) is 2.73. The molecule has 1 saturated heterocycles. The number of anilines is 1. The zero-order valence-corrected chi connectivity index (χ0v) is 15.7. The van der Waals surface area contributed by atoms with Gasteiger partial charge >= 0.3 is 11.6 Å². The maximum Gasteiger partial charge on any atom is 0.373 e. The van der Waals surface area contributed by atoms with E-state index in [4.69, 9.17) is 4.74 Å². The Morgan fingerprint density at radius 3 is 2.79 bits per heavy atom. The summed E-state index contributed by atoms with van der Waals surface area (Å²) in [6.45, 7) is 2.86. The number of rotatable bonds is 5. The molecule has 0 bridgehead atoms. The van der Waals surface area contributed by atoms with Gasteiger partial charge in [0.2, 0.25) is 5.82 Å². The van der Waals surface area contributed by atoms with Crippen LogP contribution in [0.15, 0.2) is 48.8 Å². The lowest BCUT2D eigenvalue weighted by Gasteiger charge is -2.35. The number of hydrogen-bond acceptors (Lipinski definition) is 6. The summed E-state index contributed by atoms with van der Waals surface area (Å²) in [7, 11) is 0. The molecular weight excluding hydrogens is 356 g/mol. The highest BCUT2D eigenvalue weighted by molar-refractivity contribution is 5.83. The highest BCUT2D eigenvalue weighted by atomic mass is 16.6. The third-order valence-corrected chi connectivity index (χ3v) is 5.26. The van der Waals surface area contributed by atoms with Crippen LogP contribution in [0.1, 0.15) is 32.6 Å². The van der Waals surface area contributed by atoms with E-state index in [1.54, 1.807) is 6.07 Å². The Balaban J connectivity index is 1.73. The summed E-state index contributed by atoms with van der Waals surface area (Å²) in [5.74, 6) is 0.838. The van der Waals surface area contributed by atoms with Gasteiger partial charge in [-0.15, -0.1) is 0 Å². The van der Waals surface area contributed by atoms with Gasteiger partial charge in [-0.25, -0.2) is 4.98 Å². The quantitative estimate of drug-likeness (QED) is 0.454. The Morgan fingerprint density at radius 2 is 2.00 bits per heavy atom. The second-order valence-corrected chi connectivity index (χ2v) is 6.97. The molecule has 7 heteroatoms. The number of fused-ring (bicyclic) bond motifs is 1. The summed E-state index contributed by atoms with van der Waals surface area (Å²) < 4.78 is 5.86. The highest BCUT2D eigenvalue weighted by Crippen LogP contribution is 2.39. The Hall–Kier alpha value is -3.22. The Kier molecular flexibility index (Phi) is 5.06. The van der Waals surface area contributed by atoms with Crippen molar-refractivity contribution in [1.29, 1.82) is 0 Å². The van der Waals surface area contributed by atoms with E-state index in [-0.39, 0.29) is 17.6 Å². The number of benzene rings is 2. The maximum atomic E-state index is 11.9. The Labute approximate surface area is 163 Å². The first-order valence-corrected chi connectivity index (χ1v) is 9.60. The van der Waals surface area contributed by atoms with E-state index in [1.807, 2.05) is 41.3 Å². The second-order valence-electron chi connectivity index (χ2n) is 6.97. The van der Waals surface area contributed by atoms with Crippen molar-refractivity contribution in [2.75, 3.05) is 11.4 Å². The average molecular weight is 378 g/mol. The fourth-order valence-electron chi connectivity index (χ4n) is 3.84. The number of piperidine rings is 1. The Bertz CT molecular complexity index is 1010. The van der Waals surface area contributed by atoms with E-state index in [1.165, 1.54) is 6.33 Å². The minimum absolute atomic E-state index is 0.0225. The lowest BCUT2D eigenvalue weighted by atomic mass is 10.00. The van der Waals surface area contributed by atoms with Crippen molar-refractivity contribution in [3.05, 3.63) is 58.9 Å². The van der Waals surface area contributed by atoms with E-state index >= 15 is 0 Å². The summed E-state index contributed by atoms with van der Waals surface area (Å²) in [6.07, 6.45) is 5.41. The molecule has 0 radical (unpaired) electrons. The number of aromatic nitrogens is 2. The van der Waals surface area contributed by atoms with E-state index in [0.29, 0.717) is 11.6 Å². The molecule has 2 heterocycles. The fourth-order valence-corrected chi connectivity index (χ4v) is 3.84. The van der Waals surface area contributed by atoms with Gasteiger partial charge in [0.1, 0.15) is 12.1 Å². The van der Waals surface area contributed by atoms with Crippen molar-refractivity contribution in [1.82, 2.24) is 9.97 Å². The predicted octanol–water partition coefficient (Wildman–Crippen LogP) is 5.10. The topological polar surface area (TPSA) is 81.4 Å². The van der Waals surface area contributed by atoms with Crippen molar-refractivity contribution in [2.24, 2.45) is 0 Å². The van der Waals surface area contributed by atoms with Crippen LogP contribution in [-0.2, 0) is 0 Å². The summed E-state index contributed by atoms with van der Waals surface area (Å²) >= 11 is 0. The largest absolute Gasteiger partial charge is 0.434 e. The van der Waals surface area contributed by atoms with Gasteiger partial charge in [0.05, 0.1) is 4.92 Å². The van der Waals surface area contributed by atoms with Gasteiger partial charge in [-0.3, -0.25) is 10.1 Å². The van der Waals surface area contributed by atoms with Crippen LogP contribution in [0, 0.1) is 10.1 Å². The van der Waals surface area contributed by atoms with Crippen LogP contribution in [0.4, 0.5) is 11.5 Å². The maximum absolute atomic E-state index is 11.9. The van der Waals surface area contributed by atoms with Crippen molar-refractivity contribution in [3.63, 3.8) is 0 Å². The molecule has 28 heavy (non-hydrogen) atoms. The molecule has 1 fully saturated rings. The van der Waals surface area contributed by atoms with Gasteiger partial charge < -0.3 is 9.64 Å². The van der Waals surface area contributed by atoms with Crippen LogP contribution < -0.4 is 9.64 Å². The molecule has 144 valence electrons. The molecule has 1 aliphatic rings. The molecule has 0 saturated carbocycles. The van der Waals surface area contributed by atoms with Crippen molar-refractivity contribution < 1.29 is 9.66 Å². The first-order chi connectivity index (χ1) is 13.7. The first-order valence-electron chi connectivity index (χ1n) is 9.60. The number of hydrogen-bond donors (Lipinski definition) is 0. The summed E-state index contributed by atoms with van der Waals surface area (Å²) in [5, 5.41) is 14.0. The molecule has 1 atom stereocenters.